The van der Waals surface area contributed by atoms with Crippen LogP contribution in [0.1, 0.15) is 26.7 Å². The van der Waals surface area contributed by atoms with Gasteiger partial charge in [-0.3, -0.25) is 0 Å². The number of hydrogen-bond acceptors (Lipinski definition) is 4. The SMILES string of the molecule is CCCC(C)Nc1ccnnn1. The molecule has 0 radical (unpaired) electrons. The van der Waals surface area contributed by atoms with Crippen LogP contribution >= 0.6 is 0 Å². The first-order chi connectivity index (χ1) is 5.83. The third kappa shape index (κ3) is 2.82. The molecule has 0 saturated heterocycles. The van der Waals surface area contributed by atoms with E-state index in [1.165, 1.54) is 6.42 Å². The van der Waals surface area contributed by atoms with E-state index < -0.39 is 0 Å². The van der Waals surface area contributed by atoms with Gasteiger partial charge in [0.05, 0.1) is 6.20 Å². The van der Waals surface area contributed by atoms with Gasteiger partial charge in [0.15, 0.2) is 5.82 Å². The zero-order chi connectivity index (χ0) is 8.81. The van der Waals surface area contributed by atoms with Crippen molar-refractivity contribution in [3.05, 3.63) is 12.3 Å². The summed E-state index contributed by atoms with van der Waals surface area (Å²) in [5.74, 6) is 0.797. The minimum absolute atomic E-state index is 0.451. The Bertz CT molecular complexity index is 212. The fourth-order valence-electron chi connectivity index (χ4n) is 1.08. The molecule has 1 N–H and O–H groups in total. The van der Waals surface area contributed by atoms with Gasteiger partial charge < -0.3 is 5.32 Å². The van der Waals surface area contributed by atoms with Crippen LogP contribution in [-0.4, -0.2) is 21.5 Å². The molecule has 0 spiro atoms. The molecule has 0 amide bonds. The summed E-state index contributed by atoms with van der Waals surface area (Å²) in [6.45, 7) is 4.29. The van der Waals surface area contributed by atoms with Crippen LogP contribution in [-0.2, 0) is 0 Å². The Labute approximate surface area is 72.4 Å². The summed E-state index contributed by atoms with van der Waals surface area (Å²) in [7, 11) is 0. The van der Waals surface area contributed by atoms with Crippen LogP contribution < -0.4 is 5.32 Å². The fraction of sp³-hybridized carbons (Fsp3) is 0.625. The topological polar surface area (TPSA) is 50.7 Å². The Hall–Kier alpha value is -1.19. The number of rotatable bonds is 4. The van der Waals surface area contributed by atoms with Crippen molar-refractivity contribution in [2.45, 2.75) is 32.7 Å². The van der Waals surface area contributed by atoms with E-state index in [0.717, 1.165) is 12.2 Å². The van der Waals surface area contributed by atoms with Crippen molar-refractivity contribution in [2.75, 3.05) is 5.32 Å². The van der Waals surface area contributed by atoms with Crippen molar-refractivity contribution < 1.29 is 0 Å². The van der Waals surface area contributed by atoms with E-state index in [0.29, 0.717) is 6.04 Å². The van der Waals surface area contributed by atoms with E-state index in [1.807, 2.05) is 6.07 Å². The normalized spacial score (nSPS) is 12.5. The highest BCUT2D eigenvalue weighted by Gasteiger charge is 2.00. The molecule has 4 heteroatoms. The number of anilines is 1. The molecule has 0 aliphatic rings. The third-order valence-electron chi connectivity index (χ3n) is 1.62. The maximum absolute atomic E-state index is 3.83. The number of nitrogens with one attached hydrogen (secondary N) is 1. The summed E-state index contributed by atoms with van der Waals surface area (Å²) < 4.78 is 0. The van der Waals surface area contributed by atoms with Gasteiger partial charge in [-0.25, -0.2) is 0 Å². The molecule has 1 heterocycles. The summed E-state index contributed by atoms with van der Waals surface area (Å²) in [5.41, 5.74) is 0. The first-order valence-electron chi connectivity index (χ1n) is 4.24. The Balaban J connectivity index is 2.41. The van der Waals surface area contributed by atoms with Gasteiger partial charge in [0.25, 0.3) is 0 Å². The van der Waals surface area contributed by atoms with E-state index in [2.05, 4.69) is 34.6 Å². The lowest BCUT2D eigenvalue weighted by molar-refractivity contribution is 0.682. The standard InChI is InChI=1S/C8H14N4/c1-3-4-7(2)10-8-5-6-9-12-11-8/h5-7H,3-4H2,1-2H3,(H,9,10,11). The molecule has 1 aromatic heterocycles. The van der Waals surface area contributed by atoms with Gasteiger partial charge >= 0.3 is 0 Å². The molecular formula is C8H14N4. The van der Waals surface area contributed by atoms with E-state index >= 15 is 0 Å². The molecule has 1 aromatic rings. The molecule has 4 nitrogen and oxygen atoms in total. The average molecular weight is 166 g/mol. The van der Waals surface area contributed by atoms with Gasteiger partial charge in [-0.05, 0) is 18.6 Å². The van der Waals surface area contributed by atoms with E-state index in [-0.39, 0.29) is 0 Å². The zero-order valence-corrected chi connectivity index (χ0v) is 7.49. The quantitative estimate of drug-likeness (QED) is 0.736. The summed E-state index contributed by atoms with van der Waals surface area (Å²) in [6.07, 6.45) is 3.95. The number of hydrogen-bond donors (Lipinski definition) is 1. The van der Waals surface area contributed by atoms with Crippen LogP contribution in [0.4, 0.5) is 5.82 Å². The summed E-state index contributed by atoms with van der Waals surface area (Å²) >= 11 is 0. The van der Waals surface area contributed by atoms with Crippen LogP contribution in [0, 0.1) is 0 Å². The second-order valence-corrected chi connectivity index (χ2v) is 2.84. The first kappa shape index (κ1) is 8.90. The second-order valence-electron chi connectivity index (χ2n) is 2.84. The lowest BCUT2D eigenvalue weighted by atomic mass is 10.2. The highest BCUT2D eigenvalue weighted by Crippen LogP contribution is 2.03. The van der Waals surface area contributed by atoms with Gasteiger partial charge in [-0.15, -0.1) is 10.2 Å². The highest BCUT2D eigenvalue weighted by atomic mass is 15.3. The van der Waals surface area contributed by atoms with Crippen LogP contribution in [0.3, 0.4) is 0 Å². The Morgan fingerprint density at radius 1 is 1.58 bits per heavy atom. The average Bonchev–Trinajstić information content (AvgIpc) is 2.06. The van der Waals surface area contributed by atoms with E-state index in [9.17, 15) is 0 Å². The van der Waals surface area contributed by atoms with Gasteiger partial charge in [-0.2, -0.15) is 0 Å². The molecule has 12 heavy (non-hydrogen) atoms. The predicted octanol–water partition coefficient (Wildman–Crippen LogP) is 1.47. The Morgan fingerprint density at radius 2 is 2.42 bits per heavy atom. The molecule has 1 atom stereocenters. The minimum atomic E-state index is 0.451. The monoisotopic (exact) mass is 166 g/mol. The van der Waals surface area contributed by atoms with Crippen molar-refractivity contribution in [2.24, 2.45) is 0 Å². The molecular weight excluding hydrogens is 152 g/mol. The van der Waals surface area contributed by atoms with Gasteiger partial charge in [-0.1, -0.05) is 13.3 Å². The van der Waals surface area contributed by atoms with Crippen LogP contribution in [0.15, 0.2) is 12.3 Å². The van der Waals surface area contributed by atoms with Crippen molar-refractivity contribution in [1.82, 2.24) is 15.4 Å². The molecule has 0 aliphatic heterocycles. The van der Waals surface area contributed by atoms with Crippen molar-refractivity contribution in [3.63, 3.8) is 0 Å². The number of aromatic nitrogens is 3. The van der Waals surface area contributed by atoms with Gasteiger partial charge in [0.1, 0.15) is 0 Å². The van der Waals surface area contributed by atoms with E-state index in [1.54, 1.807) is 6.20 Å². The summed E-state index contributed by atoms with van der Waals surface area (Å²) in [4.78, 5) is 0. The number of nitrogens with zero attached hydrogens (tertiary/aromatic N) is 3. The summed E-state index contributed by atoms with van der Waals surface area (Å²) in [6, 6.07) is 2.27. The van der Waals surface area contributed by atoms with Gasteiger partial charge in [0, 0.05) is 12.1 Å². The molecule has 0 aromatic carbocycles. The summed E-state index contributed by atoms with van der Waals surface area (Å²) in [5, 5.41) is 14.2. The zero-order valence-electron chi connectivity index (χ0n) is 7.49. The molecule has 1 unspecified atom stereocenters. The Morgan fingerprint density at radius 3 is 3.00 bits per heavy atom. The highest BCUT2D eigenvalue weighted by molar-refractivity contribution is 5.31. The second kappa shape index (κ2) is 4.64. The fourth-order valence-corrected chi connectivity index (χ4v) is 1.08. The largest absolute Gasteiger partial charge is 0.366 e. The molecule has 0 fully saturated rings. The predicted molar refractivity (Wildman–Crippen MR) is 47.8 cm³/mol. The molecule has 0 saturated carbocycles. The molecule has 1 rings (SSSR count). The van der Waals surface area contributed by atoms with Crippen molar-refractivity contribution in [3.8, 4) is 0 Å². The van der Waals surface area contributed by atoms with Crippen LogP contribution in [0.25, 0.3) is 0 Å². The van der Waals surface area contributed by atoms with E-state index in [4.69, 9.17) is 0 Å². The lowest BCUT2D eigenvalue weighted by Crippen LogP contribution is -2.15. The van der Waals surface area contributed by atoms with Crippen molar-refractivity contribution >= 4 is 5.82 Å². The van der Waals surface area contributed by atoms with Gasteiger partial charge in [0.2, 0.25) is 0 Å². The maximum atomic E-state index is 3.83. The minimum Gasteiger partial charge on any atom is -0.366 e. The Kier molecular flexibility index (Phi) is 3.44. The third-order valence-corrected chi connectivity index (χ3v) is 1.62. The molecule has 0 aliphatic carbocycles. The molecule has 0 bridgehead atoms. The first-order valence-corrected chi connectivity index (χ1v) is 4.24. The maximum Gasteiger partial charge on any atom is 0.152 e. The molecule has 66 valence electrons. The smallest absolute Gasteiger partial charge is 0.152 e. The van der Waals surface area contributed by atoms with Crippen LogP contribution in [0.2, 0.25) is 0 Å². The van der Waals surface area contributed by atoms with Crippen molar-refractivity contribution in [1.29, 1.82) is 0 Å². The van der Waals surface area contributed by atoms with Crippen LogP contribution in [0.5, 0.6) is 0 Å². The lowest BCUT2D eigenvalue weighted by Gasteiger charge is -2.11.